The van der Waals surface area contributed by atoms with Crippen molar-refractivity contribution in [2.75, 3.05) is 22.8 Å². The average Bonchev–Trinajstić information content (AvgIpc) is 2.77. The van der Waals surface area contributed by atoms with Crippen molar-refractivity contribution in [1.82, 2.24) is 5.32 Å². The summed E-state index contributed by atoms with van der Waals surface area (Å²) in [6, 6.07) is 24.6. The van der Waals surface area contributed by atoms with E-state index in [4.69, 9.17) is 0 Å². The highest BCUT2D eigenvalue weighted by Gasteiger charge is 2.18. The first-order chi connectivity index (χ1) is 15.7. The van der Waals surface area contributed by atoms with E-state index < -0.39 is 15.9 Å². The van der Waals surface area contributed by atoms with E-state index in [0.29, 0.717) is 18.7 Å². The van der Waals surface area contributed by atoms with Crippen LogP contribution >= 0.6 is 0 Å². The molecular formula is C25H27N3O4S. The van der Waals surface area contributed by atoms with Crippen LogP contribution in [-0.2, 0) is 14.8 Å². The molecular weight excluding hydrogens is 438 g/mol. The number of amides is 2. The lowest BCUT2D eigenvalue weighted by Gasteiger charge is -2.19. The summed E-state index contributed by atoms with van der Waals surface area (Å²) in [4.78, 5) is 24.4. The van der Waals surface area contributed by atoms with Crippen LogP contribution in [0.3, 0.4) is 0 Å². The molecule has 0 heterocycles. The van der Waals surface area contributed by atoms with Gasteiger partial charge in [-0.25, -0.2) is 8.42 Å². The largest absolute Gasteiger partial charge is 0.352 e. The smallest absolute Gasteiger partial charge is 0.253 e. The van der Waals surface area contributed by atoms with E-state index in [0.717, 1.165) is 17.4 Å². The zero-order valence-electron chi connectivity index (χ0n) is 18.5. The van der Waals surface area contributed by atoms with E-state index >= 15 is 0 Å². The van der Waals surface area contributed by atoms with Gasteiger partial charge in [0.05, 0.1) is 17.5 Å². The zero-order valence-corrected chi connectivity index (χ0v) is 19.4. The molecule has 0 aliphatic rings. The molecule has 8 heteroatoms. The Kier molecular flexibility index (Phi) is 7.84. The number of nitrogens with one attached hydrogen (secondary N) is 3. The third-order valence-electron chi connectivity index (χ3n) is 5.00. The van der Waals surface area contributed by atoms with Gasteiger partial charge in [-0.3, -0.25) is 14.3 Å². The van der Waals surface area contributed by atoms with Gasteiger partial charge >= 0.3 is 0 Å². The maximum atomic E-state index is 13.0. The Bertz CT molecular complexity index is 1170. The Morgan fingerprint density at radius 3 is 1.97 bits per heavy atom. The lowest BCUT2D eigenvalue weighted by atomic mass is 9.88. The van der Waals surface area contributed by atoms with Gasteiger partial charge in [-0.05, 0) is 35.7 Å². The van der Waals surface area contributed by atoms with Gasteiger partial charge in [-0.2, -0.15) is 0 Å². The summed E-state index contributed by atoms with van der Waals surface area (Å²) in [5, 5.41) is 5.50. The second kappa shape index (κ2) is 10.8. The van der Waals surface area contributed by atoms with Gasteiger partial charge < -0.3 is 10.6 Å². The minimum atomic E-state index is -3.59. The normalized spacial score (nSPS) is 11.1. The molecule has 0 aliphatic heterocycles. The van der Waals surface area contributed by atoms with Crippen LogP contribution in [-0.4, -0.2) is 33.0 Å². The summed E-state index contributed by atoms with van der Waals surface area (Å²) < 4.78 is 25.8. The van der Waals surface area contributed by atoms with Crippen molar-refractivity contribution < 1.29 is 18.0 Å². The number of benzene rings is 3. The highest BCUT2D eigenvalue weighted by Crippen LogP contribution is 2.28. The number of carbonyl (C=O) groups is 2. The van der Waals surface area contributed by atoms with E-state index in [1.54, 1.807) is 0 Å². The summed E-state index contributed by atoms with van der Waals surface area (Å²) in [6.07, 6.45) is 1.67. The molecule has 3 aromatic rings. The molecule has 0 aromatic heterocycles. The standard InChI is InChI=1S/C25H27N3O4S/c1-18(29)27-21-13-14-24(28-33(2,31)32)23(17-21)25(30)26-16-15-22(19-9-5-3-6-10-19)20-11-7-4-8-12-20/h3-14,17,22,28H,15-16H2,1-2H3,(H,26,30)(H,27,29). The summed E-state index contributed by atoms with van der Waals surface area (Å²) in [6.45, 7) is 1.73. The number of rotatable bonds is 9. The second-order valence-electron chi connectivity index (χ2n) is 7.73. The molecule has 0 saturated carbocycles. The first-order valence-electron chi connectivity index (χ1n) is 10.5. The second-order valence-corrected chi connectivity index (χ2v) is 9.48. The van der Waals surface area contributed by atoms with Crippen molar-refractivity contribution in [3.63, 3.8) is 0 Å². The Balaban J connectivity index is 1.79. The molecule has 0 bridgehead atoms. The summed E-state index contributed by atoms with van der Waals surface area (Å²) in [5.41, 5.74) is 2.96. The van der Waals surface area contributed by atoms with Crippen LogP contribution in [0, 0.1) is 0 Å². The Morgan fingerprint density at radius 1 is 0.879 bits per heavy atom. The van der Waals surface area contributed by atoms with Crippen molar-refractivity contribution in [3.8, 4) is 0 Å². The van der Waals surface area contributed by atoms with Crippen LogP contribution in [0.1, 0.15) is 40.7 Å². The molecule has 0 fully saturated rings. The van der Waals surface area contributed by atoms with Gasteiger partial charge in [0.15, 0.2) is 0 Å². The van der Waals surface area contributed by atoms with Crippen LogP contribution in [0.15, 0.2) is 78.9 Å². The molecule has 33 heavy (non-hydrogen) atoms. The number of carbonyl (C=O) groups excluding carboxylic acids is 2. The summed E-state index contributed by atoms with van der Waals surface area (Å²) in [5.74, 6) is -0.640. The monoisotopic (exact) mass is 465 g/mol. The highest BCUT2D eigenvalue weighted by atomic mass is 32.2. The minimum Gasteiger partial charge on any atom is -0.352 e. The van der Waals surface area contributed by atoms with Crippen LogP contribution < -0.4 is 15.4 Å². The Labute approximate surface area is 194 Å². The van der Waals surface area contributed by atoms with Crippen LogP contribution in [0.4, 0.5) is 11.4 Å². The van der Waals surface area contributed by atoms with E-state index in [-0.39, 0.29) is 23.1 Å². The fourth-order valence-corrected chi connectivity index (χ4v) is 4.20. The van der Waals surface area contributed by atoms with E-state index in [9.17, 15) is 18.0 Å². The van der Waals surface area contributed by atoms with Gasteiger partial charge in [0.25, 0.3) is 5.91 Å². The molecule has 172 valence electrons. The Hall–Kier alpha value is -3.65. The molecule has 3 N–H and O–H groups in total. The zero-order chi connectivity index (χ0) is 23.8. The topological polar surface area (TPSA) is 104 Å². The molecule has 0 atom stereocenters. The van der Waals surface area contributed by atoms with Crippen molar-refractivity contribution in [3.05, 3.63) is 95.6 Å². The van der Waals surface area contributed by atoms with E-state index in [2.05, 4.69) is 39.6 Å². The van der Waals surface area contributed by atoms with Crippen LogP contribution in [0.25, 0.3) is 0 Å². The predicted molar refractivity (Wildman–Crippen MR) is 131 cm³/mol. The number of anilines is 2. The predicted octanol–water partition coefficient (Wildman–Crippen LogP) is 3.97. The lowest BCUT2D eigenvalue weighted by molar-refractivity contribution is -0.114. The van der Waals surface area contributed by atoms with E-state index in [1.165, 1.54) is 25.1 Å². The average molecular weight is 466 g/mol. The molecule has 3 rings (SSSR count). The minimum absolute atomic E-state index is 0.0898. The molecule has 0 spiro atoms. The first kappa shape index (κ1) is 24.0. The number of hydrogen-bond donors (Lipinski definition) is 3. The summed E-state index contributed by atoms with van der Waals surface area (Å²) in [7, 11) is -3.59. The quantitative estimate of drug-likeness (QED) is 0.445. The molecule has 7 nitrogen and oxygen atoms in total. The SMILES string of the molecule is CC(=O)Nc1ccc(NS(C)(=O)=O)c(C(=O)NCCC(c2ccccc2)c2ccccc2)c1. The van der Waals surface area contributed by atoms with Gasteiger partial charge in [-0.1, -0.05) is 60.7 Å². The van der Waals surface area contributed by atoms with Gasteiger partial charge in [0.1, 0.15) is 0 Å². The summed E-state index contributed by atoms with van der Waals surface area (Å²) >= 11 is 0. The van der Waals surface area contributed by atoms with Crippen molar-refractivity contribution in [2.24, 2.45) is 0 Å². The van der Waals surface area contributed by atoms with Crippen molar-refractivity contribution >= 4 is 33.2 Å². The molecule has 0 saturated heterocycles. The molecule has 0 aliphatic carbocycles. The maximum absolute atomic E-state index is 13.0. The molecule has 0 radical (unpaired) electrons. The lowest BCUT2D eigenvalue weighted by Crippen LogP contribution is -2.27. The van der Waals surface area contributed by atoms with E-state index in [1.807, 2.05) is 36.4 Å². The molecule has 2 amide bonds. The first-order valence-corrected chi connectivity index (χ1v) is 12.4. The van der Waals surface area contributed by atoms with Gasteiger partial charge in [0.2, 0.25) is 15.9 Å². The van der Waals surface area contributed by atoms with Crippen molar-refractivity contribution in [1.29, 1.82) is 0 Å². The molecule has 0 unspecified atom stereocenters. The maximum Gasteiger partial charge on any atom is 0.253 e. The van der Waals surface area contributed by atoms with Crippen molar-refractivity contribution in [2.45, 2.75) is 19.3 Å². The van der Waals surface area contributed by atoms with Gasteiger partial charge in [0, 0.05) is 25.1 Å². The fraction of sp³-hybridized carbons (Fsp3) is 0.200. The highest BCUT2D eigenvalue weighted by molar-refractivity contribution is 7.92. The molecule has 3 aromatic carbocycles. The Morgan fingerprint density at radius 2 is 1.45 bits per heavy atom. The third kappa shape index (κ3) is 7.18. The van der Waals surface area contributed by atoms with Crippen LogP contribution in [0.5, 0.6) is 0 Å². The number of hydrogen-bond acceptors (Lipinski definition) is 4. The fourth-order valence-electron chi connectivity index (χ4n) is 3.62. The van der Waals surface area contributed by atoms with Crippen LogP contribution in [0.2, 0.25) is 0 Å². The third-order valence-corrected chi connectivity index (χ3v) is 5.59. The van der Waals surface area contributed by atoms with Gasteiger partial charge in [-0.15, -0.1) is 0 Å². The number of sulfonamides is 1.